The van der Waals surface area contributed by atoms with Gasteiger partial charge in [0.2, 0.25) is 0 Å². The van der Waals surface area contributed by atoms with E-state index in [1.165, 1.54) is 5.56 Å². The maximum absolute atomic E-state index is 5.88. The van der Waals surface area contributed by atoms with Gasteiger partial charge >= 0.3 is 0 Å². The van der Waals surface area contributed by atoms with Gasteiger partial charge in [-0.1, -0.05) is 28.1 Å². The molecule has 0 aliphatic rings. The maximum Gasteiger partial charge on any atom is 0.144 e. The zero-order valence-corrected chi connectivity index (χ0v) is 13.3. The molecule has 2 aromatic rings. The van der Waals surface area contributed by atoms with Gasteiger partial charge in [0.25, 0.3) is 0 Å². The molecule has 0 saturated carbocycles. The Hall–Kier alpha value is -1.68. The predicted octanol–water partition coefficient (Wildman–Crippen LogP) is 4.60. The summed E-state index contributed by atoms with van der Waals surface area (Å²) in [6.07, 6.45) is 0. The van der Waals surface area contributed by atoms with Crippen molar-refractivity contribution in [3.8, 4) is 5.75 Å². The molecule has 0 radical (unpaired) electrons. The van der Waals surface area contributed by atoms with Gasteiger partial charge in [0, 0.05) is 22.3 Å². The number of anilines is 2. The first-order valence-corrected chi connectivity index (χ1v) is 7.43. The lowest BCUT2D eigenvalue weighted by Crippen LogP contribution is -2.07. The average molecular weight is 335 g/mol. The van der Waals surface area contributed by atoms with Crippen molar-refractivity contribution < 1.29 is 4.74 Å². The molecule has 3 N–H and O–H groups in total. The van der Waals surface area contributed by atoms with Crippen molar-refractivity contribution in [3.05, 3.63) is 52.5 Å². The Labute approximate surface area is 128 Å². The number of benzene rings is 2. The van der Waals surface area contributed by atoms with Gasteiger partial charge in [0.1, 0.15) is 5.75 Å². The van der Waals surface area contributed by atoms with Crippen molar-refractivity contribution in [2.75, 3.05) is 17.7 Å². The Morgan fingerprint density at radius 1 is 1.25 bits per heavy atom. The molecule has 4 heteroatoms. The van der Waals surface area contributed by atoms with Gasteiger partial charge in [0.15, 0.2) is 0 Å². The van der Waals surface area contributed by atoms with E-state index in [2.05, 4.69) is 40.3 Å². The van der Waals surface area contributed by atoms with Gasteiger partial charge < -0.3 is 15.8 Å². The van der Waals surface area contributed by atoms with Gasteiger partial charge in [-0.15, -0.1) is 0 Å². The van der Waals surface area contributed by atoms with Crippen LogP contribution in [-0.2, 0) is 0 Å². The fourth-order valence-electron chi connectivity index (χ4n) is 2.01. The summed E-state index contributed by atoms with van der Waals surface area (Å²) in [6, 6.07) is 14.2. The van der Waals surface area contributed by atoms with E-state index >= 15 is 0 Å². The Morgan fingerprint density at radius 2 is 2.05 bits per heavy atom. The van der Waals surface area contributed by atoms with Crippen molar-refractivity contribution in [2.45, 2.75) is 19.9 Å². The summed E-state index contributed by atoms with van der Waals surface area (Å²) >= 11 is 3.49. The third-order valence-corrected chi connectivity index (χ3v) is 3.54. The van der Waals surface area contributed by atoms with Crippen LogP contribution < -0.4 is 15.8 Å². The number of halogens is 1. The molecule has 0 aliphatic heterocycles. The summed E-state index contributed by atoms with van der Waals surface area (Å²) in [6.45, 7) is 4.68. The van der Waals surface area contributed by atoms with E-state index in [1.54, 1.807) is 0 Å². The number of nitrogens with two attached hydrogens (primary N) is 1. The summed E-state index contributed by atoms with van der Waals surface area (Å²) < 4.78 is 6.59. The number of hydrogen-bond donors (Lipinski definition) is 2. The second-order valence-electron chi connectivity index (χ2n) is 4.61. The Bertz CT molecular complexity index is 586. The van der Waals surface area contributed by atoms with Gasteiger partial charge in [-0.05, 0) is 43.7 Å². The molecule has 0 heterocycles. The van der Waals surface area contributed by atoms with E-state index in [4.69, 9.17) is 10.5 Å². The summed E-state index contributed by atoms with van der Waals surface area (Å²) in [5, 5.41) is 3.46. The smallest absolute Gasteiger partial charge is 0.144 e. The minimum Gasteiger partial charge on any atom is -0.492 e. The first-order valence-electron chi connectivity index (χ1n) is 6.64. The highest BCUT2D eigenvalue weighted by atomic mass is 79.9. The molecule has 0 bridgehead atoms. The van der Waals surface area contributed by atoms with Crippen molar-refractivity contribution in [1.29, 1.82) is 0 Å². The molecule has 106 valence electrons. The van der Waals surface area contributed by atoms with Gasteiger partial charge in [0.05, 0.1) is 12.3 Å². The molecular formula is C16H19BrN2O. The minimum absolute atomic E-state index is 0.200. The molecule has 0 spiro atoms. The van der Waals surface area contributed by atoms with Gasteiger partial charge in [-0.25, -0.2) is 0 Å². The first kappa shape index (κ1) is 14.7. The van der Waals surface area contributed by atoms with E-state index in [0.29, 0.717) is 12.3 Å². The van der Waals surface area contributed by atoms with Crippen LogP contribution in [0.15, 0.2) is 46.9 Å². The number of hydrogen-bond acceptors (Lipinski definition) is 3. The van der Waals surface area contributed by atoms with Crippen molar-refractivity contribution in [1.82, 2.24) is 0 Å². The average Bonchev–Trinajstić information content (AvgIpc) is 2.43. The Morgan fingerprint density at radius 3 is 2.75 bits per heavy atom. The minimum atomic E-state index is 0.200. The standard InChI is InChI=1S/C16H19BrN2O/c1-3-20-16-10-14(7-8-15(16)18)19-11(2)12-5-4-6-13(17)9-12/h4-11,19H,3,18H2,1-2H3. The predicted molar refractivity (Wildman–Crippen MR) is 88.2 cm³/mol. The number of ether oxygens (including phenoxy) is 1. The number of nitrogens with one attached hydrogen (secondary N) is 1. The molecule has 0 amide bonds. The molecule has 2 aromatic carbocycles. The van der Waals surface area contributed by atoms with Crippen LogP contribution in [0.3, 0.4) is 0 Å². The van der Waals surface area contributed by atoms with Crippen molar-refractivity contribution >= 4 is 27.3 Å². The summed E-state index contributed by atoms with van der Waals surface area (Å²) in [4.78, 5) is 0. The lowest BCUT2D eigenvalue weighted by atomic mass is 10.1. The summed E-state index contributed by atoms with van der Waals surface area (Å²) in [7, 11) is 0. The molecule has 0 aromatic heterocycles. The van der Waals surface area contributed by atoms with Crippen LogP contribution in [0.5, 0.6) is 5.75 Å². The number of nitrogen functional groups attached to an aromatic ring is 1. The third kappa shape index (κ3) is 3.67. The summed E-state index contributed by atoms with van der Waals surface area (Å²) in [5.74, 6) is 0.721. The second kappa shape index (κ2) is 6.66. The highest BCUT2D eigenvalue weighted by Gasteiger charge is 2.07. The van der Waals surface area contributed by atoms with Crippen LogP contribution >= 0.6 is 15.9 Å². The molecule has 0 saturated heterocycles. The van der Waals surface area contributed by atoms with E-state index in [1.807, 2.05) is 37.3 Å². The van der Waals surface area contributed by atoms with Crippen LogP contribution in [0.1, 0.15) is 25.5 Å². The van der Waals surface area contributed by atoms with Crippen LogP contribution in [0, 0.1) is 0 Å². The molecule has 3 nitrogen and oxygen atoms in total. The molecule has 0 fully saturated rings. The van der Waals surface area contributed by atoms with Crippen LogP contribution in [0.2, 0.25) is 0 Å². The van der Waals surface area contributed by atoms with E-state index in [9.17, 15) is 0 Å². The topological polar surface area (TPSA) is 47.3 Å². The van der Waals surface area contributed by atoms with E-state index in [-0.39, 0.29) is 6.04 Å². The van der Waals surface area contributed by atoms with E-state index < -0.39 is 0 Å². The SMILES string of the molecule is CCOc1cc(NC(C)c2cccc(Br)c2)ccc1N. The monoisotopic (exact) mass is 334 g/mol. The van der Waals surface area contributed by atoms with Crippen molar-refractivity contribution in [3.63, 3.8) is 0 Å². The highest BCUT2D eigenvalue weighted by Crippen LogP contribution is 2.28. The molecule has 0 aliphatic carbocycles. The normalized spacial score (nSPS) is 11.9. The van der Waals surface area contributed by atoms with Gasteiger partial charge in [-0.3, -0.25) is 0 Å². The van der Waals surface area contributed by atoms with Crippen LogP contribution in [0.4, 0.5) is 11.4 Å². The number of rotatable bonds is 5. The molecule has 1 unspecified atom stereocenters. The third-order valence-electron chi connectivity index (χ3n) is 3.05. The molecule has 1 atom stereocenters. The zero-order chi connectivity index (χ0) is 14.5. The Kier molecular flexibility index (Phi) is 4.90. The summed E-state index contributed by atoms with van der Waals surface area (Å²) in [5.41, 5.74) is 8.75. The largest absolute Gasteiger partial charge is 0.492 e. The molecule has 20 heavy (non-hydrogen) atoms. The fraction of sp³-hybridized carbons (Fsp3) is 0.250. The van der Waals surface area contributed by atoms with Crippen LogP contribution in [-0.4, -0.2) is 6.61 Å². The fourth-order valence-corrected chi connectivity index (χ4v) is 2.43. The Balaban J connectivity index is 2.15. The lowest BCUT2D eigenvalue weighted by molar-refractivity contribution is 0.342. The molecule has 2 rings (SSSR count). The zero-order valence-electron chi connectivity index (χ0n) is 11.7. The quantitative estimate of drug-likeness (QED) is 0.785. The highest BCUT2D eigenvalue weighted by molar-refractivity contribution is 9.10. The maximum atomic E-state index is 5.88. The second-order valence-corrected chi connectivity index (χ2v) is 5.52. The first-order chi connectivity index (χ1) is 9.60. The van der Waals surface area contributed by atoms with Crippen LogP contribution in [0.25, 0.3) is 0 Å². The van der Waals surface area contributed by atoms with Crippen molar-refractivity contribution in [2.24, 2.45) is 0 Å². The van der Waals surface area contributed by atoms with E-state index in [0.717, 1.165) is 15.9 Å². The van der Waals surface area contributed by atoms with Gasteiger partial charge in [-0.2, -0.15) is 0 Å². The lowest BCUT2D eigenvalue weighted by Gasteiger charge is -2.17. The molecular weight excluding hydrogens is 316 g/mol.